The molecule has 126 valence electrons. The van der Waals surface area contributed by atoms with Gasteiger partial charge in [0.05, 0.1) is 0 Å². The fraction of sp³-hybridized carbons (Fsp3) is 0.632. The lowest BCUT2D eigenvalue weighted by Crippen LogP contribution is -2.44. The van der Waals surface area contributed by atoms with Crippen molar-refractivity contribution in [1.82, 2.24) is 4.90 Å². The molecule has 2 saturated heterocycles. The summed E-state index contributed by atoms with van der Waals surface area (Å²) < 4.78 is 18.6. The molecule has 1 amide bonds. The van der Waals surface area contributed by atoms with Gasteiger partial charge in [0, 0.05) is 32.2 Å². The molecule has 2 aliphatic rings. The Hall–Kier alpha value is -1.42. The first kappa shape index (κ1) is 16.4. The topological polar surface area (TPSA) is 29.5 Å². The van der Waals surface area contributed by atoms with Crippen molar-refractivity contribution >= 4 is 5.91 Å². The molecular formula is C19H26FNO2. The summed E-state index contributed by atoms with van der Waals surface area (Å²) in [5, 5.41) is 0. The van der Waals surface area contributed by atoms with Crippen LogP contribution in [0.1, 0.15) is 37.7 Å². The van der Waals surface area contributed by atoms with Gasteiger partial charge in [-0.3, -0.25) is 4.79 Å². The maximum Gasteiger partial charge on any atom is 0.225 e. The summed E-state index contributed by atoms with van der Waals surface area (Å²) in [6.07, 6.45) is 5.91. The predicted octanol–water partition coefficient (Wildman–Crippen LogP) is 3.42. The van der Waals surface area contributed by atoms with Crippen LogP contribution in [0, 0.1) is 17.7 Å². The molecule has 1 atom stereocenters. The normalized spacial score (nSPS) is 23.0. The average Bonchev–Trinajstić information content (AvgIpc) is 2.60. The quantitative estimate of drug-likeness (QED) is 0.851. The van der Waals surface area contributed by atoms with Crippen LogP contribution in [0.25, 0.3) is 0 Å². The summed E-state index contributed by atoms with van der Waals surface area (Å²) in [5.74, 6) is 0.854. The van der Waals surface area contributed by atoms with Gasteiger partial charge in [0.1, 0.15) is 5.82 Å². The van der Waals surface area contributed by atoms with Crippen molar-refractivity contribution in [3.8, 4) is 0 Å². The Kier molecular flexibility index (Phi) is 5.65. The molecule has 0 radical (unpaired) electrons. The lowest BCUT2D eigenvalue weighted by Gasteiger charge is -2.36. The summed E-state index contributed by atoms with van der Waals surface area (Å²) in [4.78, 5) is 14.7. The van der Waals surface area contributed by atoms with Gasteiger partial charge in [-0.25, -0.2) is 4.39 Å². The highest BCUT2D eigenvalue weighted by Crippen LogP contribution is 2.25. The molecule has 2 heterocycles. The van der Waals surface area contributed by atoms with Crippen molar-refractivity contribution in [1.29, 1.82) is 0 Å². The fourth-order valence-electron chi connectivity index (χ4n) is 3.77. The highest BCUT2D eigenvalue weighted by molar-refractivity contribution is 5.79. The first-order chi connectivity index (χ1) is 11.2. The number of piperidine rings is 1. The molecular weight excluding hydrogens is 293 g/mol. The Morgan fingerprint density at radius 3 is 2.87 bits per heavy atom. The van der Waals surface area contributed by atoms with Crippen LogP contribution in [0.5, 0.6) is 0 Å². The number of amides is 1. The highest BCUT2D eigenvalue weighted by Gasteiger charge is 2.29. The van der Waals surface area contributed by atoms with Gasteiger partial charge in [-0.1, -0.05) is 12.1 Å². The number of carbonyl (C=O) groups is 1. The van der Waals surface area contributed by atoms with Crippen molar-refractivity contribution < 1.29 is 13.9 Å². The predicted molar refractivity (Wildman–Crippen MR) is 87.6 cm³/mol. The van der Waals surface area contributed by atoms with Crippen LogP contribution in [0.4, 0.5) is 4.39 Å². The third kappa shape index (κ3) is 4.54. The molecule has 3 nitrogen and oxygen atoms in total. The molecule has 0 bridgehead atoms. The maximum atomic E-state index is 13.2. The number of likely N-dealkylation sites (tertiary alicyclic amines) is 1. The van der Waals surface area contributed by atoms with E-state index < -0.39 is 0 Å². The number of hydrogen-bond acceptors (Lipinski definition) is 2. The monoisotopic (exact) mass is 319 g/mol. The third-order valence-electron chi connectivity index (χ3n) is 5.13. The van der Waals surface area contributed by atoms with Crippen LogP contribution in [-0.2, 0) is 16.0 Å². The van der Waals surface area contributed by atoms with Crippen LogP contribution in [-0.4, -0.2) is 37.1 Å². The lowest BCUT2D eigenvalue weighted by molar-refractivity contribution is -0.140. The van der Waals surface area contributed by atoms with E-state index in [2.05, 4.69) is 4.90 Å². The Balaban J connectivity index is 1.50. The van der Waals surface area contributed by atoms with E-state index in [0.29, 0.717) is 25.0 Å². The number of benzene rings is 1. The first-order valence-electron chi connectivity index (χ1n) is 8.83. The van der Waals surface area contributed by atoms with Crippen LogP contribution in [0.3, 0.4) is 0 Å². The molecule has 1 aromatic rings. The number of rotatable bonds is 4. The number of halogens is 1. The molecule has 0 aromatic heterocycles. The van der Waals surface area contributed by atoms with Gasteiger partial charge in [-0.05, 0) is 62.1 Å². The van der Waals surface area contributed by atoms with Crippen LogP contribution in [0.15, 0.2) is 24.3 Å². The second-order valence-corrected chi connectivity index (χ2v) is 6.85. The molecule has 2 fully saturated rings. The molecule has 0 N–H and O–H groups in total. The standard InChI is InChI=1S/C19H26FNO2/c20-18-5-1-3-15(13-18)6-7-16-4-2-10-21(14-16)19(22)17-8-11-23-12-9-17/h1,3,5,13,16-17H,2,4,6-12,14H2/t16-/m1/s1. The zero-order valence-corrected chi connectivity index (χ0v) is 13.7. The lowest BCUT2D eigenvalue weighted by atomic mass is 9.90. The Morgan fingerprint density at radius 2 is 2.09 bits per heavy atom. The molecule has 0 spiro atoms. The number of hydrogen-bond donors (Lipinski definition) is 0. The van der Waals surface area contributed by atoms with Crippen LogP contribution >= 0.6 is 0 Å². The number of ether oxygens (including phenoxy) is 1. The van der Waals surface area contributed by atoms with Crippen molar-refractivity contribution in [2.45, 2.75) is 38.5 Å². The smallest absolute Gasteiger partial charge is 0.225 e. The van der Waals surface area contributed by atoms with Crippen molar-refractivity contribution in [2.75, 3.05) is 26.3 Å². The van der Waals surface area contributed by atoms with Crippen molar-refractivity contribution in [3.05, 3.63) is 35.6 Å². The number of aryl methyl sites for hydroxylation is 1. The van der Waals surface area contributed by atoms with E-state index in [9.17, 15) is 9.18 Å². The van der Waals surface area contributed by atoms with E-state index in [1.54, 1.807) is 12.1 Å². The molecule has 23 heavy (non-hydrogen) atoms. The van der Waals surface area contributed by atoms with Gasteiger partial charge in [-0.15, -0.1) is 0 Å². The Labute approximate surface area is 137 Å². The average molecular weight is 319 g/mol. The highest BCUT2D eigenvalue weighted by atomic mass is 19.1. The van der Waals surface area contributed by atoms with Crippen LogP contribution < -0.4 is 0 Å². The minimum Gasteiger partial charge on any atom is -0.381 e. The van der Waals surface area contributed by atoms with E-state index in [1.807, 2.05) is 6.07 Å². The van der Waals surface area contributed by atoms with Crippen LogP contribution in [0.2, 0.25) is 0 Å². The van der Waals surface area contributed by atoms with E-state index in [4.69, 9.17) is 4.74 Å². The SMILES string of the molecule is O=C(C1CCOCC1)N1CCC[C@H](CCc2cccc(F)c2)C1. The molecule has 3 rings (SSSR count). The summed E-state index contributed by atoms with van der Waals surface area (Å²) in [7, 11) is 0. The summed E-state index contributed by atoms with van der Waals surface area (Å²) in [6, 6.07) is 6.86. The summed E-state index contributed by atoms with van der Waals surface area (Å²) >= 11 is 0. The van der Waals surface area contributed by atoms with Gasteiger partial charge < -0.3 is 9.64 Å². The van der Waals surface area contributed by atoms with Gasteiger partial charge >= 0.3 is 0 Å². The fourth-order valence-corrected chi connectivity index (χ4v) is 3.77. The van der Waals surface area contributed by atoms with Gasteiger partial charge in [0.25, 0.3) is 0 Å². The Morgan fingerprint density at radius 1 is 1.26 bits per heavy atom. The van der Waals surface area contributed by atoms with Crippen molar-refractivity contribution in [3.63, 3.8) is 0 Å². The maximum absolute atomic E-state index is 13.2. The van der Waals surface area contributed by atoms with E-state index >= 15 is 0 Å². The summed E-state index contributed by atoms with van der Waals surface area (Å²) in [5.41, 5.74) is 1.05. The minimum absolute atomic E-state index is 0.158. The minimum atomic E-state index is -0.164. The van der Waals surface area contributed by atoms with E-state index in [-0.39, 0.29) is 11.7 Å². The van der Waals surface area contributed by atoms with E-state index in [1.165, 1.54) is 12.5 Å². The molecule has 2 aliphatic heterocycles. The van der Waals surface area contributed by atoms with E-state index in [0.717, 1.165) is 50.8 Å². The first-order valence-corrected chi connectivity index (χ1v) is 8.83. The molecule has 1 aromatic carbocycles. The van der Waals surface area contributed by atoms with Gasteiger partial charge in [0.2, 0.25) is 5.91 Å². The molecule has 0 unspecified atom stereocenters. The number of carbonyl (C=O) groups excluding carboxylic acids is 1. The van der Waals surface area contributed by atoms with Crippen molar-refractivity contribution in [2.24, 2.45) is 11.8 Å². The Bertz CT molecular complexity index is 528. The van der Waals surface area contributed by atoms with Gasteiger partial charge in [0.15, 0.2) is 0 Å². The third-order valence-corrected chi connectivity index (χ3v) is 5.13. The zero-order chi connectivity index (χ0) is 16.1. The van der Waals surface area contributed by atoms with Gasteiger partial charge in [-0.2, -0.15) is 0 Å². The summed E-state index contributed by atoms with van der Waals surface area (Å²) in [6.45, 7) is 3.19. The molecule has 4 heteroatoms. The zero-order valence-electron chi connectivity index (χ0n) is 13.7. The largest absolute Gasteiger partial charge is 0.381 e. The molecule has 0 saturated carbocycles. The number of nitrogens with zero attached hydrogens (tertiary/aromatic N) is 1. The second kappa shape index (κ2) is 7.91. The second-order valence-electron chi connectivity index (χ2n) is 6.85. The molecule has 0 aliphatic carbocycles.